The van der Waals surface area contributed by atoms with Crippen molar-refractivity contribution in [1.82, 2.24) is 5.32 Å². The largest absolute Gasteiger partial charge is 0.481 e. The summed E-state index contributed by atoms with van der Waals surface area (Å²) in [5.74, 6) is 1.48. The van der Waals surface area contributed by atoms with Crippen molar-refractivity contribution in [2.24, 2.45) is 17.8 Å². The molecule has 3 nitrogen and oxygen atoms in total. The smallest absolute Gasteiger partial charge is 0.303 e. The Bertz CT molecular complexity index is 194. The molecule has 0 saturated heterocycles. The molecule has 0 bridgehead atoms. The first-order chi connectivity index (χ1) is 7.95. The molecule has 0 unspecified atom stereocenters. The van der Waals surface area contributed by atoms with Gasteiger partial charge in [-0.2, -0.15) is 0 Å². The molecule has 0 aliphatic heterocycles. The number of carboxylic acid groups (broad SMARTS) is 1. The molecule has 0 aromatic heterocycles. The van der Waals surface area contributed by atoms with Crippen LogP contribution >= 0.6 is 0 Å². The Balaban J connectivity index is 3.46. The molecule has 0 atom stereocenters. The second-order valence-electron chi connectivity index (χ2n) is 5.56. The highest BCUT2D eigenvalue weighted by atomic mass is 16.4. The van der Waals surface area contributed by atoms with Crippen molar-refractivity contribution in [2.75, 3.05) is 13.1 Å². The van der Waals surface area contributed by atoms with Gasteiger partial charge in [-0.3, -0.25) is 4.79 Å². The minimum Gasteiger partial charge on any atom is -0.481 e. The molecular formula is C14H29NO2. The zero-order valence-electron chi connectivity index (χ0n) is 11.8. The lowest BCUT2D eigenvalue weighted by atomic mass is 9.85. The van der Waals surface area contributed by atoms with E-state index in [1.807, 2.05) is 0 Å². The molecular weight excluding hydrogens is 214 g/mol. The molecule has 0 radical (unpaired) electrons. The van der Waals surface area contributed by atoms with E-state index in [4.69, 9.17) is 5.11 Å². The Morgan fingerprint density at radius 1 is 1.06 bits per heavy atom. The minimum atomic E-state index is -0.683. The van der Waals surface area contributed by atoms with Crippen molar-refractivity contribution in [2.45, 2.75) is 53.4 Å². The number of carbonyl (C=O) groups is 1. The summed E-state index contributed by atoms with van der Waals surface area (Å²) in [5, 5.41) is 12.0. The number of carboxylic acids is 1. The standard InChI is InChI=1S/C14H29NO2/c1-11(2)13(12(3)4)10-15-9-7-5-6-8-14(16)17/h11-13,15H,5-10H2,1-4H3,(H,16,17). The van der Waals surface area contributed by atoms with Crippen molar-refractivity contribution in [3.05, 3.63) is 0 Å². The normalized spacial score (nSPS) is 11.7. The fraction of sp³-hybridized carbons (Fsp3) is 0.929. The highest BCUT2D eigenvalue weighted by Crippen LogP contribution is 2.19. The molecule has 17 heavy (non-hydrogen) atoms. The van der Waals surface area contributed by atoms with Gasteiger partial charge in [0.2, 0.25) is 0 Å². The van der Waals surface area contributed by atoms with Gasteiger partial charge in [-0.15, -0.1) is 0 Å². The average molecular weight is 243 g/mol. The Morgan fingerprint density at radius 3 is 2.12 bits per heavy atom. The van der Waals surface area contributed by atoms with Gasteiger partial charge in [0.1, 0.15) is 0 Å². The quantitative estimate of drug-likeness (QED) is 0.579. The number of hydrogen-bond acceptors (Lipinski definition) is 2. The van der Waals surface area contributed by atoms with Gasteiger partial charge in [0.05, 0.1) is 0 Å². The molecule has 3 heteroatoms. The first-order valence-corrected chi connectivity index (χ1v) is 6.87. The van der Waals surface area contributed by atoms with Crippen LogP contribution in [0.4, 0.5) is 0 Å². The van der Waals surface area contributed by atoms with E-state index in [-0.39, 0.29) is 0 Å². The summed E-state index contributed by atoms with van der Waals surface area (Å²) in [6.45, 7) is 11.2. The number of aliphatic carboxylic acids is 1. The van der Waals surface area contributed by atoms with E-state index in [0.29, 0.717) is 6.42 Å². The first kappa shape index (κ1) is 16.4. The number of hydrogen-bond donors (Lipinski definition) is 2. The summed E-state index contributed by atoms with van der Waals surface area (Å²) >= 11 is 0. The van der Waals surface area contributed by atoms with Crippen LogP contribution in [-0.2, 0) is 4.79 Å². The average Bonchev–Trinajstić information content (AvgIpc) is 2.20. The van der Waals surface area contributed by atoms with Gasteiger partial charge >= 0.3 is 5.97 Å². The van der Waals surface area contributed by atoms with E-state index in [9.17, 15) is 4.79 Å². The molecule has 2 N–H and O–H groups in total. The van der Waals surface area contributed by atoms with Crippen LogP contribution in [0, 0.1) is 17.8 Å². The monoisotopic (exact) mass is 243 g/mol. The topological polar surface area (TPSA) is 49.3 Å². The minimum absolute atomic E-state index is 0.306. The molecule has 0 aliphatic carbocycles. The summed E-state index contributed by atoms with van der Waals surface area (Å²) < 4.78 is 0. The van der Waals surface area contributed by atoms with E-state index in [2.05, 4.69) is 33.0 Å². The highest BCUT2D eigenvalue weighted by Gasteiger charge is 2.16. The molecule has 0 fully saturated rings. The van der Waals surface area contributed by atoms with Crippen molar-refractivity contribution in [3.8, 4) is 0 Å². The van der Waals surface area contributed by atoms with Gasteiger partial charge in [-0.05, 0) is 43.7 Å². The van der Waals surface area contributed by atoms with Crippen LogP contribution in [0.5, 0.6) is 0 Å². The van der Waals surface area contributed by atoms with Gasteiger partial charge in [0.25, 0.3) is 0 Å². The summed E-state index contributed by atoms with van der Waals surface area (Å²) in [6.07, 6.45) is 3.19. The molecule has 0 rings (SSSR count). The van der Waals surface area contributed by atoms with Gasteiger partial charge in [-0.25, -0.2) is 0 Å². The van der Waals surface area contributed by atoms with Crippen LogP contribution in [0.3, 0.4) is 0 Å². The van der Waals surface area contributed by atoms with E-state index in [0.717, 1.165) is 50.1 Å². The Labute approximate surface area is 106 Å². The zero-order chi connectivity index (χ0) is 13.3. The van der Waals surface area contributed by atoms with Crippen molar-refractivity contribution in [1.29, 1.82) is 0 Å². The number of rotatable bonds is 10. The van der Waals surface area contributed by atoms with Gasteiger partial charge in [0.15, 0.2) is 0 Å². The van der Waals surface area contributed by atoms with E-state index in [1.54, 1.807) is 0 Å². The van der Waals surface area contributed by atoms with Crippen LogP contribution in [0.25, 0.3) is 0 Å². The fourth-order valence-electron chi connectivity index (χ4n) is 2.21. The zero-order valence-corrected chi connectivity index (χ0v) is 11.8. The lowest BCUT2D eigenvalue weighted by Crippen LogP contribution is -2.30. The van der Waals surface area contributed by atoms with E-state index in [1.165, 1.54) is 0 Å². The SMILES string of the molecule is CC(C)C(CNCCCCCC(=O)O)C(C)C. The third-order valence-corrected chi connectivity index (χ3v) is 3.34. The lowest BCUT2D eigenvalue weighted by Gasteiger charge is -2.25. The fourth-order valence-corrected chi connectivity index (χ4v) is 2.21. The molecule has 102 valence electrons. The van der Waals surface area contributed by atoms with Gasteiger partial charge < -0.3 is 10.4 Å². The predicted octanol–water partition coefficient (Wildman–Crippen LogP) is 3.15. The maximum Gasteiger partial charge on any atom is 0.303 e. The van der Waals surface area contributed by atoms with Gasteiger partial charge in [-0.1, -0.05) is 34.1 Å². The summed E-state index contributed by atoms with van der Waals surface area (Å²) in [6, 6.07) is 0. The van der Waals surface area contributed by atoms with Crippen LogP contribution in [0.2, 0.25) is 0 Å². The maximum atomic E-state index is 10.3. The molecule has 0 aromatic carbocycles. The molecule has 0 amide bonds. The number of nitrogens with one attached hydrogen (secondary N) is 1. The van der Waals surface area contributed by atoms with Crippen molar-refractivity contribution >= 4 is 5.97 Å². The summed E-state index contributed by atoms with van der Waals surface area (Å²) in [7, 11) is 0. The Hall–Kier alpha value is -0.570. The van der Waals surface area contributed by atoms with Crippen LogP contribution in [-0.4, -0.2) is 24.2 Å². The highest BCUT2D eigenvalue weighted by molar-refractivity contribution is 5.66. The molecule has 0 heterocycles. The van der Waals surface area contributed by atoms with Crippen LogP contribution in [0.15, 0.2) is 0 Å². The van der Waals surface area contributed by atoms with Crippen LogP contribution < -0.4 is 5.32 Å². The summed E-state index contributed by atoms with van der Waals surface area (Å²) in [5.41, 5.74) is 0. The maximum absolute atomic E-state index is 10.3. The predicted molar refractivity (Wildman–Crippen MR) is 72.1 cm³/mol. The second-order valence-corrected chi connectivity index (χ2v) is 5.56. The molecule has 0 spiro atoms. The summed E-state index contributed by atoms with van der Waals surface area (Å²) in [4.78, 5) is 10.3. The lowest BCUT2D eigenvalue weighted by molar-refractivity contribution is -0.137. The third-order valence-electron chi connectivity index (χ3n) is 3.34. The van der Waals surface area contributed by atoms with Gasteiger partial charge in [0, 0.05) is 6.42 Å². The number of unbranched alkanes of at least 4 members (excludes halogenated alkanes) is 2. The second kappa shape index (κ2) is 9.46. The third kappa shape index (κ3) is 9.16. The molecule has 0 saturated carbocycles. The van der Waals surface area contributed by atoms with Crippen LogP contribution in [0.1, 0.15) is 53.4 Å². The molecule has 0 aliphatic rings. The van der Waals surface area contributed by atoms with Crippen molar-refractivity contribution < 1.29 is 9.90 Å². The van der Waals surface area contributed by atoms with E-state index >= 15 is 0 Å². The Kier molecular flexibility index (Phi) is 9.14. The van der Waals surface area contributed by atoms with Crippen molar-refractivity contribution in [3.63, 3.8) is 0 Å². The van der Waals surface area contributed by atoms with E-state index < -0.39 is 5.97 Å². The Morgan fingerprint density at radius 2 is 1.65 bits per heavy atom. The first-order valence-electron chi connectivity index (χ1n) is 6.87. The molecule has 0 aromatic rings.